The molecular weight excluding hydrogens is 396 g/mol. The van der Waals surface area contributed by atoms with Crippen LogP contribution in [0.25, 0.3) is 11.3 Å². The van der Waals surface area contributed by atoms with Crippen molar-refractivity contribution in [3.8, 4) is 17.0 Å². The predicted molar refractivity (Wildman–Crippen MR) is 104 cm³/mol. The summed E-state index contributed by atoms with van der Waals surface area (Å²) in [5.74, 6) is 0.397. The molecule has 7 heteroatoms. The molecule has 0 aliphatic rings. The highest BCUT2D eigenvalue weighted by Crippen LogP contribution is 2.22. The zero-order valence-electron chi connectivity index (χ0n) is 14.1. The van der Waals surface area contributed by atoms with Crippen LogP contribution in [0.2, 0.25) is 0 Å². The lowest BCUT2D eigenvalue weighted by Crippen LogP contribution is -2.17. The third-order valence-electron chi connectivity index (χ3n) is 3.49. The molecule has 3 aromatic rings. The molecule has 0 saturated carbocycles. The Balaban J connectivity index is 1.67. The Morgan fingerprint density at radius 3 is 2.92 bits per heavy atom. The highest BCUT2D eigenvalue weighted by Gasteiger charge is 2.11. The van der Waals surface area contributed by atoms with E-state index in [1.807, 2.05) is 55.5 Å². The maximum Gasteiger partial charge on any atom is 0.289 e. The van der Waals surface area contributed by atoms with Gasteiger partial charge >= 0.3 is 0 Å². The van der Waals surface area contributed by atoms with Crippen LogP contribution in [0.4, 0.5) is 0 Å². The van der Waals surface area contributed by atoms with Crippen LogP contribution in [0.3, 0.4) is 0 Å². The van der Waals surface area contributed by atoms with Gasteiger partial charge in [-0.15, -0.1) is 0 Å². The van der Waals surface area contributed by atoms with Crippen molar-refractivity contribution in [2.24, 2.45) is 5.10 Å². The molecular formula is C19H17BrN4O2. The summed E-state index contributed by atoms with van der Waals surface area (Å²) < 4.78 is 6.43. The van der Waals surface area contributed by atoms with Crippen LogP contribution in [0.1, 0.15) is 23.0 Å². The van der Waals surface area contributed by atoms with E-state index in [0.29, 0.717) is 18.0 Å². The van der Waals surface area contributed by atoms with Gasteiger partial charge in [-0.2, -0.15) is 10.2 Å². The summed E-state index contributed by atoms with van der Waals surface area (Å²) >= 11 is 3.39. The number of aromatic amines is 1. The van der Waals surface area contributed by atoms with Crippen LogP contribution in [0, 0.1) is 0 Å². The maximum absolute atomic E-state index is 12.2. The SMILES string of the molecule is CCOc1cccc(-c2cc(C(=O)N/N=C\c3cccc(Br)c3)[nH]n2)c1. The lowest BCUT2D eigenvalue weighted by atomic mass is 10.1. The lowest BCUT2D eigenvalue weighted by molar-refractivity contribution is 0.0950. The first kappa shape index (κ1) is 17.9. The fraction of sp³-hybridized carbons (Fsp3) is 0.105. The summed E-state index contributed by atoms with van der Waals surface area (Å²) in [5.41, 5.74) is 5.21. The first-order valence-electron chi connectivity index (χ1n) is 8.03. The van der Waals surface area contributed by atoms with Crippen molar-refractivity contribution in [1.82, 2.24) is 15.6 Å². The molecule has 3 rings (SSSR count). The molecule has 0 radical (unpaired) electrons. The largest absolute Gasteiger partial charge is 0.494 e. The highest BCUT2D eigenvalue weighted by molar-refractivity contribution is 9.10. The number of amides is 1. The topological polar surface area (TPSA) is 79.4 Å². The first-order chi connectivity index (χ1) is 12.7. The number of hydrazone groups is 1. The summed E-state index contributed by atoms with van der Waals surface area (Å²) in [5, 5.41) is 10.9. The van der Waals surface area contributed by atoms with Gasteiger partial charge in [-0.25, -0.2) is 5.43 Å². The first-order valence-corrected chi connectivity index (χ1v) is 8.82. The van der Waals surface area contributed by atoms with Crippen LogP contribution < -0.4 is 10.2 Å². The van der Waals surface area contributed by atoms with E-state index in [0.717, 1.165) is 21.3 Å². The zero-order chi connectivity index (χ0) is 18.4. The minimum atomic E-state index is -0.365. The molecule has 2 N–H and O–H groups in total. The number of aromatic nitrogens is 2. The fourth-order valence-corrected chi connectivity index (χ4v) is 2.73. The van der Waals surface area contributed by atoms with E-state index < -0.39 is 0 Å². The summed E-state index contributed by atoms with van der Waals surface area (Å²) in [6, 6.07) is 16.8. The average Bonchev–Trinajstić information content (AvgIpc) is 3.13. The monoisotopic (exact) mass is 412 g/mol. The Kier molecular flexibility index (Phi) is 5.80. The molecule has 0 saturated heterocycles. The third-order valence-corrected chi connectivity index (χ3v) is 3.98. The van der Waals surface area contributed by atoms with E-state index in [2.05, 4.69) is 36.7 Å². The molecule has 1 heterocycles. The van der Waals surface area contributed by atoms with Gasteiger partial charge < -0.3 is 4.74 Å². The smallest absolute Gasteiger partial charge is 0.289 e. The van der Waals surface area contributed by atoms with Crippen molar-refractivity contribution in [3.63, 3.8) is 0 Å². The van der Waals surface area contributed by atoms with Crippen molar-refractivity contribution in [1.29, 1.82) is 0 Å². The Labute approximate surface area is 159 Å². The second-order valence-corrected chi connectivity index (χ2v) is 6.30. The second kappa shape index (κ2) is 8.44. The number of rotatable bonds is 6. The molecule has 0 unspecified atom stereocenters. The summed E-state index contributed by atoms with van der Waals surface area (Å²) in [6.45, 7) is 2.52. The fourth-order valence-electron chi connectivity index (χ4n) is 2.31. The Bertz CT molecular complexity index is 937. The van der Waals surface area contributed by atoms with E-state index in [1.165, 1.54) is 0 Å². The summed E-state index contributed by atoms with van der Waals surface area (Å²) in [6.07, 6.45) is 1.57. The van der Waals surface area contributed by atoms with Crippen molar-refractivity contribution < 1.29 is 9.53 Å². The van der Waals surface area contributed by atoms with Crippen molar-refractivity contribution >= 4 is 28.1 Å². The number of hydrogen-bond acceptors (Lipinski definition) is 4. The summed E-state index contributed by atoms with van der Waals surface area (Å²) in [7, 11) is 0. The number of halogens is 1. The average molecular weight is 413 g/mol. The molecule has 0 bridgehead atoms. The number of nitrogens with one attached hydrogen (secondary N) is 2. The molecule has 0 atom stereocenters. The number of benzene rings is 2. The van der Waals surface area contributed by atoms with Crippen LogP contribution in [0.15, 0.2) is 64.2 Å². The standard InChI is InChI=1S/C19H17BrN4O2/c1-2-26-16-8-4-6-14(10-16)17-11-18(23-22-17)19(25)24-21-12-13-5-3-7-15(20)9-13/h3-12H,2H2,1H3,(H,22,23)(H,24,25)/b21-12-. The van der Waals surface area contributed by atoms with Gasteiger partial charge in [-0.3, -0.25) is 9.89 Å². The van der Waals surface area contributed by atoms with Gasteiger partial charge in [0, 0.05) is 10.0 Å². The van der Waals surface area contributed by atoms with Crippen LogP contribution in [0.5, 0.6) is 5.75 Å². The van der Waals surface area contributed by atoms with Crippen molar-refractivity contribution in [3.05, 3.63) is 70.3 Å². The molecule has 26 heavy (non-hydrogen) atoms. The number of nitrogens with zero attached hydrogens (tertiary/aromatic N) is 2. The Morgan fingerprint density at radius 2 is 2.12 bits per heavy atom. The second-order valence-electron chi connectivity index (χ2n) is 5.38. The van der Waals surface area contributed by atoms with E-state index in [4.69, 9.17) is 4.74 Å². The minimum Gasteiger partial charge on any atom is -0.494 e. The summed E-state index contributed by atoms with van der Waals surface area (Å²) in [4.78, 5) is 12.2. The molecule has 2 aromatic carbocycles. The number of hydrogen-bond donors (Lipinski definition) is 2. The molecule has 132 valence electrons. The molecule has 1 aromatic heterocycles. The quantitative estimate of drug-likeness (QED) is 0.474. The number of ether oxygens (including phenoxy) is 1. The van der Waals surface area contributed by atoms with E-state index in [-0.39, 0.29) is 5.91 Å². The predicted octanol–water partition coefficient (Wildman–Crippen LogP) is 4.00. The lowest BCUT2D eigenvalue weighted by Gasteiger charge is -2.03. The molecule has 0 spiro atoms. The van der Waals surface area contributed by atoms with E-state index in [9.17, 15) is 4.79 Å². The van der Waals surface area contributed by atoms with Crippen LogP contribution in [-0.4, -0.2) is 28.9 Å². The van der Waals surface area contributed by atoms with Crippen LogP contribution in [-0.2, 0) is 0 Å². The zero-order valence-corrected chi connectivity index (χ0v) is 15.7. The Morgan fingerprint density at radius 1 is 1.27 bits per heavy atom. The normalized spacial score (nSPS) is 10.8. The Hall–Kier alpha value is -2.93. The number of carbonyl (C=O) groups excluding carboxylic acids is 1. The van der Waals surface area contributed by atoms with Crippen LogP contribution >= 0.6 is 15.9 Å². The van der Waals surface area contributed by atoms with Gasteiger partial charge in [-0.05, 0) is 42.8 Å². The van der Waals surface area contributed by atoms with Gasteiger partial charge in [0.15, 0.2) is 0 Å². The molecule has 1 amide bonds. The maximum atomic E-state index is 12.2. The van der Waals surface area contributed by atoms with Gasteiger partial charge in [0.1, 0.15) is 11.4 Å². The van der Waals surface area contributed by atoms with Crippen molar-refractivity contribution in [2.75, 3.05) is 6.61 Å². The number of carbonyl (C=O) groups is 1. The van der Waals surface area contributed by atoms with E-state index >= 15 is 0 Å². The highest BCUT2D eigenvalue weighted by atomic mass is 79.9. The molecule has 0 aliphatic carbocycles. The van der Waals surface area contributed by atoms with E-state index in [1.54, 1.807) is 12.3 Å². The van der Waals surface area contributed by atoms with Gasteiger partial charge in [0.05, 0.1) is 18.5 Å². The molecule has 6 nitrogen and oxygen atoms in total. The van der Waals surface area contributed by atoms with Crippen molar-refractivity contribution in [2.45, 2.75) is 6.92 Å². The van der Waals surface area contributed by atoms with Gasteiger partial charge in [0.2, 0.25) is 0 Å². The van der Waals surface area contributed by atoms with Gasteiger partial charge in [0.25, 0.3) is 5.91 Å². The third kappa shape index (κ3) is 4.58. The molecule has 0 fully saturated rings. The number of H-pyrrole nitrogens is 1. The minimum absolute atomic E-state index is 0.327. The molecule has 0 aliphatic heterocycles. The van der Waals surface area contributed by atoms with Gasteiger partial charge in [-0.1, -0.05) is 40.2 Å².